The van der Waals surface area contributed by atoms with E-state index in [1.165, 1.54) is 18.2 Å². The van der Waals surface area contributed by atoms with E-state index in [9.17, 15) is 14.9 Å². The zero-order chi connectivity index (χ0) is 15.9. The molecule has 0 fully saturated rings. The van der Waals surface area contributed by atoms with E-state index in [2.05, 4.69) is 5.32 Å². The molecule has 0 heterocycles. The molecule has 0 atom stereocenters. The molecule has 0 bridgehead atoms. The molecule has 2 rings (SSSR count). The quantitative estimate of drug-likeness (QED) is 0.505. The van der Waals surface area contributed by atoms with Crippen molar-refractivity contribution in [1.29, 1.82) is 0 Å². The number of aryl methyl sites for hydroxylation is 1. The Morgan fingerprint density at radius 1 is 1.18 bits per heavy atom. The number of carbonyl (C=O) groups excluding carboxylic acids is 1. The molecular weight excluding hydrogens is 284 g/mol. The Labute approximate surface area is 127 Å². The van der Waals surface area contributed by atoms with Crippen LogP contribution in [0.4, 0.5) is 5.69 Å². The molecule has 1 N–H and O–H groups in total. The molecule has 6 heteroatoms. The molecule has 0 aliphatic carbocycles. The van der Waals surface area contributed by atoms with Gasteiger partial charge in [0.2, 0.25) is 0 Å². The summed E-state index contributed by atoms with van der Waals surface area (Å²) in [5.41, 5.74) is 0.972. The molecule has 0 aromatic heterocycles. The Balaban J connectivity index is 1.86. The first kappa shape index (κ1) is 15.5. The standard InChI is InChI=1S/C16H16N2O4/c1-12-6-8-13(9-7-12)22-11-10-17-16(19)14-4-2-3-5-15(14)18(20)21/h2-9H,10-11H2,1H3,(H,17,19). The van der Waals surface area contributed by atoms with E-state index in [1.807, 2.05) is 31.2 Å². The highest BCUT2D eigenvalue weighted by atomic mass is 16.6. The minimum atomic E-state index is -0.572. The van der Waals surface area contributed by atoms with Gasteiger partial charge in [-0.05, 0) is 25.1 Å². The first-order chi connectivity index (χ1) is 10.6. The predicted octanol–water partition coefficient (Wildman–Crippen LogP) is 2.71. The van der Waals surface area contributed by atoms with Crippen LogP contribution in [0.5, 0.6) is 5.75 Å². The summed E-state index contributed by atoms with van der Waals surface area (Å²) in [6, 6.07) is 13.4. The van der Waals surface area contributed by atoms with Crippen molar-refractivity contribution in [3.05, 3.63) is 69.8 Å². The largest absolute Gasteiger partial charge is 0.492 e. The first-order valence-electron chi connectivity index (χ1n) is 6.79. The summed E-state index contributed by atoms with van der Waals surface area (Å²) in [5, 5.41) is 13.5. The third-order valence-corrected chi connectivity index (χ3v) is 3.02. The Morgan fingerprint density at radius 3 is 2.55 bits per heavy atom. The van der Waals surface area contributed by atoms with Gasteiger partial charge in [-0.2, -0.15) is 0 Å². The molecule has 2 aromatic rings. The SMILES string of the molecule is Cc1ccc(OCCNC(=O)c2ccccc2[N+](=O)[O-])cc1. The highest BCUT2D eigenvalue weighted by Crippen LogP contribution is 2.17. The molecule has 0 saturated carbocycles. The molecular formula is C16H16N2O4. The number of nitro benzene ring substituents is 1. The Morgan fingerprint density at radius 2 is 1.86 bits per heavy atom. The van der Waals surface area contributed by atoms with Gasteiger partial charge in [-0.15, -0.1) is 0 Å². The van der Waals surface area contributed by atoms with Crippen molar-refractivity contribution in [3.63, 3.8) is 0 Å². The lowest BCUT2D eigenvalue weighted by Gasteiger charge is -2.08. The Kier molecular flexibility index (Phi) is 5.08. The smallest absolute Gasteiger partial charge is 0.282 e. The van der Waals surface area contributed by atoms with Crippen molar-refractivity contribution >= 4 is 11.6 Å². The summed E-state index contributed by atoms with van der Waals surface area (Å²) >= 11 is 0. The number of benzene rings is 2. The van der Waals surface area contributed by atoms with Crippen molar-refractivity contribution < 1.29 is 14.5 Å². The van der Waals surface area contributed by atoms with Crippen molar-refractivity contribution in [3.8, 4) is 5.75 Å². The molecule has 0 aliphatic heterocycles. The lowest BCUT2D eigenvalue weighted by molar-refractivity contribution is -0.385. The molecule has 0 spiro atoms. The summed E-state index contributed by atoms with van der Waals surface area (Å²) in [7, 11) is 0. The maximum atomic E-state index is 12.0. The van der Waals surface area contributed by atoms with Gasteiger partial charge in [0.1, 0.15) is 17.9 Å². The van der Waals surface area contributed by atoms with E-state index >= 15 is 0 Å². The van der Waals surface area contributed by atoms with Gasteiger partial charge in [-0.3, -0.25) is 14.9 Å². The van der Waals surface area contributed by atoms with Crippen molar-refractivity contribution in [2.75, 3.05) is 13.2 Å². The maximum Gasteiger partial charge on any atom is 0.282 e. The first-order valence-corrected chi connectivity index (χ1v) is 6.79. The number of amides is 1. The lowest BCUT2D eigenvalue weighted by Crippen LogP contribution is -2.28. The van der Waals surface area contributed by atoms with Gasteiger partial charge in [-0.1, -0.05) is 29.8 Å². The van der Waals surface area contributed by atoms with E-state index in [0.717, 1.165) is 5.56 Å². The van der Waals surface area contributed by atoms with Gasteiger partial charge in [-0.25, -0.2) is 0 Å². The second-order valence-corrected chi connectivity index (χ2v) is 4.69. The third kappa shape index (κ3) is 4.05. The van der Waals surface area contributed by atoms with E-state index in [4.69, 9.17) is 4.74 Å². The maximum absolute atomic E-state index is 12.0. The number of ether oxygens (including phenoxy) is 1. The minimum Gasteiger partial charge on any atom is -0.492 e. The van der Waals surface area contributed by atoms with Crippen LogP contribution >= 0.6 is 0 Å². The summed E-state index contributed by atoms with van der Waals surface area (Å²) < 4.78 is 5.48. The van der Waals surface area contributed by atoms with Crippen LogP contribution in [-0.2, 0) is 0 Å². The van der Waals surface area contributed by atoms with Crippen LogP contribution in [-0.4, -0.2) is 24.0 Å². The predicted molar refractivity (Wildman–Crippen MR) is 82.1 cm³/mol. The fraction of sp³-hybridized carbons (Fsp3) is 0.188. The van der Waals surface area contributed by atoms with E-state index < -0.39 is 10.8 Å². The number of para-hydroxylation sites is 1. The number of hydrogen-bond acceptors (Lipinski definition) is 4. The molecule has 0 radical (unpaired) electrons. The normalized spacial score (nSPS) is 10.0. The highest BCUT2D eigenvalue weighted by molar-refractivity contribution is 5.98. The average molecular weight is 300 g/mol. The summed E-state index contributed by atoms with van der Waals surface area (Å²) in [6.45, 7) is 2.53. The monoisotopic (exact) mass is 300 g/mol. The number of carbonyl (C=O) groups is 1. The van der Waals surface area contributed by atoms with E-state index in [1.54, 1.807) is 6.07 Å². The molecule has 1 amide bonds. The minimum absolute atomic E-state index is 0.0443. The topological polar surface area (TPSA) is 81.5 Å². The van der Waals surface area contributed by atoms with Gasteiger partial charge >= 0.3 is 0 Å². The molecule has 0 aliphatic rings. The number of nitrogens with zero attached hydrogens (tertiary/aromatic N) is 1. The Hall–Kier alpha value is -2.89. The third-order valence-electron chi connectivity index (χ3n) is 3.02. The number of rotatable bonds is 6. The van der Waals surface area contributed by atoms with Gasteiger partial charge < -0.3 is 10.1 Å². The zero-order valence-electron chi connectivity index (χ0n) is 12.1. The van der Waals surface area contributed by atoms with Crippen LogP contribution in [0.15, 0.2) is 48.5 Å². The van der Waals surface area contributed by atoms with Crippen LogP contribution in [0, 0.1) is 17.0 Å². The summed E-state index contributed by atoms with van der Waals surface area (Å²) in [6.07, 6.45) is 0. The molecule has 0 unspecified atom stereocenters. The van der Waals surface area contributed by atoms with Crippen LogP contribution in [0.1, 0.15) is 15.9 Å². The van der Waals surface area contributed by atoms with Crippen molar-refractivity contribution in [1.82, 2.24) is 5.32 Å². The zero-order valence-corrected chi connectivity index (χ0v) is 12.1. The average Bonchev–Trinajstić information content (AvgIpc) is 2.53. The molecule has 22 heavy (non-hydrogen) atoms. The number of hydrogen-bond donors (Lipinski definition) is 1. The molecule has 0 saturated heterocycles. The van der Waals surface area contributed by atoms with Crippen LogP contribution in [0.2, 0.25) is 0 Å². The van der Waals surface area contributed by atoms with Gasteiger partial charge in [0, 0.05) is 6.07 Å². The fourth-order valence-corrected chi connectivity index (χ4v) is 1.89. The van der Waals surface area contributed by atoms with Gasteiger partial charge in [0.15, 0.2) is 0 Å². The van der Waals surface area contributed by atoms with Gasteiger partial charge in [0.25, 0.3) is 11.6 Å². The summed E-state index contributed by atoms with van der Waals surface area (Å²) in [4.78, 5) is 22.3. The lowest BCUT2D eigenvalue weighted by atomic mass is 10.1. The van der Waals surface area contributed by atoms with E-state index in [-0.39, 0.29) is 24.4 Å². The van der Waals surface area contributed by atoms with E-state index in [0.29, 0.717) is 5.75 Å². The van der Waals surface area contributed by atoms with Crippen LogP contribution < -0.4 is 10.1 Å². The van der Waals surface area contributed by atoms with Crippen LogP contribution in [0.3, 0.4) is 0 Å². The second-order valence-electron chi connectivity index (χ2n) is 4.69. The van der Waals surface area contributed by atoms with Crippen LogP contribution in [0.25, 0.3) is 0 Å². The molecule has 6 nitrogen and oxygen atoms in total. The van der Waals surface area contributed by atoms with Crippen molar-refractivity contribution in [2.45, 2.75) is 6.92 Å². The summed E-state index contributed by atoms with van der Waals surface area (Å²) in [5.74, 6) is 0.227. The molecule has 2 aromatic carbocycles. The number of nitro groups is 1. The van der Waals surface area contributed by atoms with Gasteiger partial charge in [0.05, 0.1) is 11.5 Å². The van der Waals surface area contributed by atoms with Crippen molar-refractivity contribution in [2.24, 2.45) is 0 Å². The highest BCUT2D eigenvalue weighted by Gasteiger charge is 2.18. The second kappa shape index (κ2) is 7.21. The Bertz CT molecular complexity index is 668. The fourth-order valence-electron chi connectivity index (χ4n) is 1.89. The number of nitrogens with one attached hydrogen (secondary N) is 1. The molecule has 114 valence electrons.